The van der Waals surface area contributed by atoms with Crippen LogP contribution in [0.25, 0.3) is 6.08 Å². The summed E-state index contributed by atoms with van der Waals surface area (Å²) in [6.45, 7) is 4.81. The van der Waals surface area contributed by atoms with Gasteiger partial charge >= 0.3 is 0 Å². The third-order valence-corrected chi connectivity index (χ3v) is 4.72. The minimum atomic E-state index is -0.941. The van der Waals surface area contributed by atoms with Crippen LogP contribution in [0.1, 0.15) is 31.2 Å². The quantitative estimate of drug-likeness (QED) is 0.663. The molecule has 0 radical (unpaired) electrons. The van der Waals surface area contributed by atoms with Crippen LogP contribution in [-0.2, 0) is 0 Å². The number of rotatable bonds is 5. The molecular weight excluding hydrogens is 286 g/mol. The van der Waals surface area contributed by atoms with Crippen LogP contribution in [0.2, 0.25) is 0 Å². The van der Waals surface area contributed by atoms with Crippen molar-refractivity contribution in [3.05, 3.63) is 48.1 Å². The fourth-order valence-corrected chi connectivity index (χ4v) is 3.48. The van der Waals surface area contributed by atoms with Gasteiger partial charge in [-0.2, -0.15) is 0 Å². The number of hydrogen-bond donors (Lipinski definition) is 1. The Balaban J connectivity index is 2.39. The van der Waals surface area contributed by atoms with E-state index >= 15 is 0 Å². The fourth-order valence-electron chi connectivity index (χ4n) is 3.48. The van der Waals surface area contributed by atoms with Crippen molar-refractivity contribution < 1.29 is 9.84 Å². The molecule has 1 aromatic rings. The van der Waals surface area contributed by atoms with Crippen molar-refractivity contribution in [2.24, 2.45) is 5.92 Å². The number of ether oxygens (including phenoxy) is 1. The molecule has 126 valence electrons. The van der Waals surface area contributed by atoms with Crippen molar-refractivity contribution in [1.29, 1.82) is 0 Å². The lowest BCUT2D eigenvalue weighted by molar-refractivity contribution is 0.0485. The van der Waals surface area contributed by atoms with Crippen LogP contribution in [0, 0.1) is 5.92 Å². The van der Waals surface area contributed by atoms with Crippen molar-refractivity contribution in [2.75, 3.05) is 27.7 Å². The Hall–Kier alpha value is -1.58. The van der Waals surface area contributed by atoms with E-state index < -0.39 is 5.60 Å². The number of nitrogens with zero attached hydrogens (tertiary/aromatic N) is 1. The number of aliphatic hydroxyl groups is 1. The molecule has 0 saturated heterocycles. The van der Waals surface area contributed by atoms with Gasteiger partial charge in [-0.05, 0) is 56.6 Å². The van der Waals surface area contributed by atoms with Crippen molar-refractivity contribution in [3.63, 3.8) is 0 Å². The second-order valence-electron chi connectivity index (χ2n) is 6.68. The molecule has 0 spiro atoms. The molecule has 0 aromatic heterocycles. The van der Waals surface area contributed by atoms with E-state index in [2.05, 4.69) is 31.7 Å². The predicted molar refractivity (Wildman–Crippen MR) is 96.6 cm³/mol. The molecule has 1 aromatic carbocycles. The monoisotopic (exact) mass is 315 g/mol. The van der Waals surface area contributed by atoms with Gasteiger partial charge in [0.1, 0.15) is 11.4 Å². The Kier molecular flexibility index (Phi) is 6.03. The normalized spacial score (nSPS) is 27.0. The maximum absolute atomic E-state index is 11.4. The first-order valence-electron chi connectivity index (χ1n) is 8.35. The summed E-state index contributed by atoms with van der Waals surface area (Å²) in [5.74, 6) is 1.01. The highest BCUT2D eigenvalue weighted by Crippen LogP contribution is 2.39. The summed E-state index contributed by atoms with van der Waals surface area (Å²) in [5.41, 5.74) is 1.18. The Morgan fingerprint density at radius 2 is 2.17 bits per heavy atom. The van der Waals surface area contributed by atoms with Gasteiger partial charge in [-0.25, -0.2) is 0 Å². The van der Waals surface area contributed by atoms with Gasteiger partial charge in [0.25, 0.3) is 0 Å². The second-order valence-corrected chi connectivity index (χ2v) is 6.68. The molecule has 0 aliphatic heterocycles. The zero-order valence-electron chi connectivity index (χ0n) is 14.6. The van der Waals surface area contributed by atoms with Crippen LogP contribution in [0.3, 0.4) is 0 Å². The first-order valence-corrected chi connectivity index (χ1v) is 8.35. The molecule has 1 saturated carbocycles. The number of benzene rings is 1. The van der Waals surface area contributed by atoms with E-state index in [1.54, 1.807) is 13.2 Å². The molecule has 2 rings (SSSR count). The van der Waals surface area contributed by atoms with Crippen LogP contribution < -0.4 is 4.74 Å². The van der Waals surface area contributed by atoms with Crippen molar-refractivity contribution in [2.45, 2.75) is 31.3 Å². The molecule has 3 heteroatoms. The van der Waals surface area contributed by atoms with E-state index in [1.165, 1.54) is 0 Å². The third-order valence-electron chi connectivity index (χ3n) is 4.72. The molecular formula is C20H29NO2. The summed E-state index contributed by atoms with van der Waals surface area (Å²) in [6.07, 6.45) is 8.02. The van der Waals surface area contributed by atoms with E-state index in [-0.39, 0.29) is 5.92 Å². The molecule has 3 nitrogen and oxygen atoms in total. The van der Waals surface area contributed by atoms with Crippen LogP contribution in [-0.4, -0.2) is 43.4 Å². The molecule has 1 N–H and O–H groups in total. The van der Waals surface area contributed by atoms with E-state index in [1.807, 2.05) is 24.3 Å². The predicted octanol–water partition coefficient (Wildman–Crippen LogP) is 3.75. The summed E-state index contributed by atoms with van der Waals surface area (Å²) in [4.78, 5) is 2.15. The van der Waals surface area contributed by atoms with Crippen LogP contribution in [0.5, 0.6) is 5.75 Å². The lowest BCUT2D eigenvalue weighted by Crippen LogP contribution is -2.42. The summed E-state index contributed by atoms with van der Waals surface area (Å²) in [6, 6.07) is 7.96. The fraction of sp³-hybridized carbons (Fsp3) is 0.500. The lowest BCUT2D eigenvalue weighted by Gasteiger charge is -2.36. The maximum Gasteiger partial charge on any atom is 0.119 e. The number of methoxy groups -OCH3 is 1. The standard InChI is InChI=1S/C20H29NO2/c1-5-20(22)17(10-6-7-11-18(20)15-21(2)3)13-16-9-8-12-19(14-16)23-4/h5,8-9,12-14,18,22H,1,6-7,10-11,15H2,2-4H3. The van der Waals surface area contributed by atoms with Gasteiger partial charge in [-0.1, -0.05) is 37.3 Å². The molecule has 1 aliphatic carbocycles. The van der Waals surface area contributed by atoms with Gasteiger partial charge in [-0.3, -0.25) is 0 Å². The highest BCUT2D eigenvalue weighted by molar-refractivity contribution is 5.58. The molecule has 0 heterocycles. The molecule has 2 unspecified atom stereocenters. The first kappa shape index (κ1) is 17.8. The van der Waals surface area contributed by atoms with Crippen molar-refractivity contribution in [3.8, 4) is 5.75 Å². The zero-order chi connectivity index (χ0) is 16.9. The lowest BCUT2D eigenvalue weighted by atomic mass is 9.79. The average molecular weight is 315 g/mol. The molecule has 1 aliphatic rings. The van der Waals surface area contributed by atoms with Gasteiger partial charge < -0.3 is 14.7 Å². The summed E-state index contributed by atoms with van der Waals surface area (Å²) in [5, 5.41) is 11.4. The van der Waals surface area contributed by atoms with Gasteiger partial charge in [0.15, 0.2) is 0 Å². The largest absolute Gasteiger partial charge is 0.497 e. The minimum absolute atomic E-state index is 0.175. The molecule has 1 fully saturated rings. The van der Waals surface area contributed by atoms with Crippen LogP contribution in [0.15, 0.2) is 42.5 Å². The number of hydrogen-bond acceptors (Lipinski definition) is 3. The maximum atomic E-state index is 11.4. The average Bonchev–Trinajstić information content (AvgIpc) is 2.68. The van der Waals surface area contributed by atoms with Crippen molar-refractivity contribution >= 4 is 6.08 Å². The van der Waals surface area contributed by atoms with Gasteiger partial charge in [0.05, 0.1) is 7.11 Å². The minimum Gasteiger partial charge on any atom is -0.497 e. The second kappa shape index (κ2) is 7.80. The molecule has 0 amide bonds. The Morgan fingerprint density at radius 3 is 2.83 bits per heavy atom. The van der Waals surface area contributed by atoms with Crippen molar-refractivity contribution in [1.82, 2.24) is 4.90 Å². The zero-order valence-corrected chi connectivity index (χ0v) is 14.6. The van der Waals surface area contributed by atoms with E-state index in [4.69, 9.17) is 4.74 Å². The molecule has 0 bridgehead atoms. The smallest absolute Gasteiger partial charge is 0.119 e. The Labute approximate surface area is 140 Å². The Morgan fingerprint density at radius 1 is 1.39 bits per heavy atom. The summed E-state index contributed by atoms with van der Waals surface area (Å²) in [7, 11) is 5.78. The summed E-state index contributed by atoms with van der Waals surface area (Å²) >= 11 is 0. The molecule has 2 atom stereocenters. The highest BCUT2D eigenvalue weighted by Gasteiger charge is 2.38. The van der Waals surface area contributed by atoms with E-state index in [9.17, 15) is 5.11 Å². The topological polar surface area (TPSA) is 32.7 Å². The van der Waals surface area contributed by atoms with E-state index in [0.717, 1.165) is 49.1 Å². The van der Waals surface area contributed by atoms with E-state index in [0.29, 0.717) is 0 Å². The van der Waals surface area contributed by atoms with Crippen LogP contribution >= 0.6 is 0 Å². The highest BCUT2D eigenvalue weighted by atomic mass is 16.5. The SMILES string of the molecule is C=CC1(O)C(=Cc2cccc(OC)c2)CCCCC1CN(C)C. The van der Waals surface area contributed by atoms with Gasteiger partial charge in [-0.15, -0.1) is 0 Å². The van der Waals surface area contributed by atoms with Gasteiger partial charge in [0.2, 0.25) is 0 Å². The Bertz CT molecular complexity index is 565. The third kappa shape index (κ3) is 4.24. The first-order chi connectivity index (χ1) is 11.0. The summed E-state index contributed by atoms with van der Waals surface area (Å²) < 4.78 is 5.30. The molecule has 23 heavy (non-hydrogen) atoms. The van der Waals surface area contributed by atoms with Gasteiger partial charge in [0, 0.05) is 12.5 Å². The van der Waals surface area contributed by atoms with Crippen LogP contribution in [0.4, 0.5) is 0 Å².